The third kappa shape index (κ3) is 5.88. The lowest BCUT2D eigenvalue weighted by Gasteiger charge is -2.16. The van der Waals surface area contributed by atoms with Crippen molar-refractivity contribution in [1.82, 2.24) is 5.32 Å². The lowest BCUT2D eigenvalue weighted by atomic mass is 10.1. The Labute approximate surface area is 156 Å². The van der Waals surface area contributed by atoms with Crippen LogP contribution in [0, 0.1) is 0 Å². The molecule has 4 nitrogen and oxygen atoms in total. The number of hydrogen-bond acceptors (Lipinski definition) is 3. The number of carbonyl (C=O) groups is 1. The van der Waals surface area contributed by atoms with Crippen LogP contribution in [0.5, 0.6) is 11.5 Å². The number of para-hydroxylation sites is 3. The molecule has 2 aromatic carbocycles. The Morgan fingerprint density at radius 1 is 0.923 bits per heavy atom. The molecule has 1 amide bonds. The van der Waals surface area contributed by atoms with Crippen molar-refractivity contribution in [3.8, 4) is 11.5 Å². The summed E-state index contributed by atoms with van der Waals surface area (Å²) in [5.41, 5.74) is 0.704. The number of ether oxygens (including phenoxy) is 1. The highest BCUT2D eigenvalue weighted by Gasteiger charge is 2.13. The first-order valence-corrected chi connectivity index (χ1v) is 9.66. The number of hydrogen-bond donors (Lipinski definition) is 2. The van der Waals surface area contributed by atoms with Gasteiger partial charge in [0.25, 0.3) is 0 Å². The Morgan fingerprint density at radius 2 is 1.62 bits per heavy atom. The highest BCUT2D eigenvalue weighted by Crippen LogP contribution is 2.29. The van der Waals surface area contributed by atoms with Gasteiger partial charge in [-0.3, -0.25) is 4.79 Å². The summed E-state index contributed by atoms with van der Waals surface area (Å²) < 4.78 is 5.89. The van der Waals surface area contributed by atoms with Crippen LogP contribution in [0.1, 0.15) is 44.9 Å². The van der Waals surface area contributed by atoms with Gasteiger partial charge in [0.2, 0.25) is 5.91 Å². The van der Waals surface area contributed by atoms with E-state index in [0.717, 1.165) is 12.3 Å². The quantitative estimate of drug-likeness (QED) is 0.680. The SMILES string of the molecule is O=C(CCNC1CCCCCC1)Nc1ccccc1Oc1ccccc1. The van der Waals surface area contributed by atoms with Gasteiger partial charge in [0.15, 0.2) is 5.75 Å². The summed E-state index contributed by atoms with van der Waals surface area (Å²) in [7, 11) is 0. The second kappa shape index (κ2) is 9.97. The second-order valence-corrected chi connectivity index (χ2v) is 6.85. The molecule has 4 heteroatoms. The number of rotatable bonds is 7. The molecule has 0 aromatic heterocycles. The molecule has 0 unspecified atom stereocenters. The van der Waals surface area contributed by atoms with Crippen LogP contribution in [0.15, 0.2) is 54.6 Å². The molecule has 1 fully saturated rings. The Balaban J connectivity index is 1.49. The van der Waals surface area contributed by atoms with E-state index in [2.05, 4.69) is 10.6 Å². The van der Waals surface area contributed by atoms with Gasteiger partial charge in [-0.2, -0.15) is 0 Å². The molecule has 138 valence electrons. The number of anilines is 1. The van der Waals surface area contributed by atoms with Crippen LogP contribution in [0.4, 0.5) is 5.69 Å². The molecule has 2 aromatic rings. The standard InChI is InChI=1S/C22H28N2O2/c25-22(16-17-23-18-10-4-1-2-5-11-18)24-20-14-8-9-15-21(20)26-19-12-6-3-7-13-19/h3,6-9,12-15,18,23H,1-2,4-5,10-11,16-17H2,(H,24,25). The van der Waals surface area contributed by atoms with Gasteiger partial charge >= 0.3 is 0 Å². The van der Waals surface area contributed by atoms with Gasteiger partial charge < -0.3 is 15.4 Å². The number of amides is 1. The molecule has 26 heavy (non-hydrogen) atoms. The first-order valence-electron chi connectivity index (χ1n) is 9.66. The zero-order valence-corrected chi connectivity index (χ0v) is 15.2. The van der Waals surface area contributed by atoms with Crippen LogP contribution in [0.25, 0.3) is 0 Å². The van der Waals surface area contributed by atoms with Crippen LogP contribution in [-0.4, -0.2) is 18.5 Å². The van der Waals surface area contributed by atoms with E-state index >= 15 is 0 Å². The highest BCUT2D eigenvalue weighted by molar-refractivity contribution is 5.92. The van der Waals surface area contributed by atoms with Crippen molar-refractivity contribution in [3.05, 3.63) is 54.6 Å². The Hall–Kier alpha value is -2.33. The van der Waals surface area contributed by atoms with E-state index in [-0.39, 0.29) is 5.91 Å². The van der Waals surface area contributed by atoms with E-state index in [9.17, 15) is 4.79 Å². The zero-order chi connectivity index (χ0) is 18.0. The topological polar surface area (TPSA) is 50.4 Å². The maximum atomic E-state index is 12.3. The van der Waals surface area contributed by atoms with Crippen molar-refractivity contribution >= 4 is 11.6 Å². The van der Waals surface area contributed by atoms with Gasteiger partial charge in [0.05, 0.1) is 5.69 Å². The lowest BCUT2D eigenvalue weighted by molar-refractivity contribution is -0.116. The first-order chi connectivity index (χ1) is 12.8. The predicted octanol–water partition coefficient (Wildman–Crippen LogP) is 5.12. The van der Waals surface area contributed by atoms with Crippen molar-refractivity contribution in [2.75, 3.05) is 11.9 Å². The van der Waals surface area contributed by atoms with E-state index < -0.39 is 0 Å². The van der Waals surface area contributed by atoms with Crippen molar-refractivity contribution in [2.45, 2.75) is 51.0 Å². The van der Waals surface area contributed by atoms with Gasteiger partial charge in [0.1, 0.15) is 5.75 Å². The van der Waals surface area contributed by atoms with Gasteiger partial charge in [0, 0.05) is 19.0 Å². The Bertz CT molecular complexity index is 680. The molecule has 1 aliphatic carbocycles. The first kappa shape index (κ1) is 18.5. The summed E-state index contributed by atoms with van der Waals surface area (Å²) in [6, 6.07) is 17.7. The molecule has 3 rings (SSSR count). The largest absolute Gasteiger partial charge is 0.455 e. The fraction of sp³-hybridized carbons (Fsp3) is 0.409. The van der Waals surface area contributed by atoms with E-state index in [1.807, 2.05) is 54.6 Å². The monoisotopic (exact) mass is 352 g/mol. The molecule has 0 heterocycles. The molecule has 0 atom stereocenters. The third-order valence-electron chi connectivity index (χ3n) is 4.77. The fourth-order valence-electron chi connectivity index (χ4n) is 3.36. The van der Waals surface area contributed by atoms with E-state index in [0.29, 0.717) is 23.9 Å². The Kier molecular flexibility index (Phi) is 7.08. The van der Waals surface area contributed by atoms with Crippen molar-refractivity contribution in [3.63, 3.8) is 0 Å². The summed E-state index contributed by atoms with van der Waals surface area (Å²) in [4.78, 5) is 12.3. The number of carbonyl (C=O) groups excluding carboxylic acids is 1. The normalized spacial score (nSPS) is 15.2. The van der Waals surface area contributed by atoms with E-state index in [4.69, 9.17) is 4.74 Å². The Morgan fingerprint density at radius 3 is 2.38 bits per heavy atom. The average molecular weight is 352 g/mol. The zero-order valence-electron chi connectivity index (χ0n) is 15.2. The van der Waals surface area contributed by atoms with E-state index in [1.165, 1.54) is 38.5 Å². The number of benzene rings is 2. The second-order valence-electron chi connectivity index (χ2n) is 6.85. The van der Waals surface area contributed by atoms with Crippen LogP contribution in [0.2, 0.25) is 0 Å². The molecule has 0 saturated heterocycles. The molecule has 1 aliphatic rings. The van der Waals surface area contributed by atoms with Gasteiger partial charge in [-0.15, -0.1) is 0 Å². The maximum absolute atomic E-state index is 12.3. The van der Waals surface area contributed by atoms with Gasteiger partial charge in [-0.05, 0) is 37.1 Å². The smallest absolute Gasteiger partial charge is 0.225 e. The summed E-state index contributed by atoms with van der Waals surface area (Å²) in [6.07, 6.45) is 8.22. The highest BCUT2D eigenvalue weighted by atomic mass is 16.5. The van der Waals surface area contributed by atoms with Crippen LogP contribution in [0.3, 0.4) is 0 Å². The predicted molar refractivity (Wildman–Crippen MR) is 106 cm³/mol. The summed E-state index contributed by atoms with van der Waals surface area (Å²) >= 11 is 0. The average Bonchev–Trinajstić information content (AvgIpc) is 2.93. The molecule has 0 bridgehead atoms. The van der Waals surface area contributed by atoms with E-state index in [1.54, 1.807) is 0 Å². The minimum atomic E-state index is 0.00948. The van der Waals surface area contributed by atoms with Crippen LogP contribution in [-0.2, 0) is 4.79 Å². The van der Waals surface area contributed by atoms with Crippen molar-refractivity contribution in [1.29, 1.82) is 0 Å². The minimum Gasteiger partial charge on any atom is -0.455 e. The summed E-state index contributed by atoms with van der Waals surface area (Å²) in [6.45, 7) is 0.720. The van der Waals surface area contributed by atoms with Gasteiger partial charge in [-0.1, -0.05) is 56.0 Å². The molecule has 0 aliphatic heterocycles. The molecule has 2 N–H and O–H groups in total. The molecule has 0 radical (unpaired) electrons. The minimum absolute atomic E-state index is 0.00948. The van der Waals surface area contributed by atoms with Crippen molar-refractivity contribution in [2.24, 2.45) is 0 Å². The van der Waals surface area contributed by atoms with Crippen LogP contribution < -0.4 is 15.4 Å². The van der Waals surface area contributed by atoms with Crippen molar-refractivity contribution < 1.29 is 9.53 Å². The molecule has 1 saturated carbocycles. The number of nitrogens with one attached hydrogen (secondary N) is 2. The van der Waals surface area contributed by atoms with Crippen LogP contribution >= 0.6 is 0 Å². The third-order valence-corrected chi connectivity index (χ3v) is 4.77. The molecule has 0 spiro atoms. The molecular weight excluding hydrogens is 324 g/mol. The summed E-state index contributed by atoms with van der Waals surface area (Å²) in [5, 5.41) is 6.52. The fourth-order valence-corrected chi connectivity index (χ4v) is 3.36. The molecular formula is C22H28N2O2. The maximum Gasteiger partial charge on any atom is 0.225 e. The van der Waals surface area contributed by atoms with Gasteiger partial charge in [-0.25, -0.2) is 0 Å². The summed E-state index contributed by atoms with van der Waals surface area (Å²) in [5.74, 6) is 1.42. The lowest BCUT2D eigenvalue weighted by Crippen LogP contribution is -2.31.